The Kier molecular flexibility index (Phi) is 7.25. The molecule has 2 aromatic carbocycles. The third-order valence-corrected chi connectivity index (χ3v) is 5.44. The lowest BCUT2D eigenvalue weighted by Gasteiger charge is -2.15. The smallest absolute Gasteiger partial charge is 0.248 e. The molecule has 0 aliphatic rings. The van der Waals surface area contributed by atoms with Crippen molar-refractivity contribution < 1.29 is 9.59 Å². The molecular formula is C26H30N4O2. The van der Waals surface area contributed by atoms with E-state index in [9.17, 15) is 9.59 Å². The van der Waals surface area contributed by atoms with Gasteiger partial charge in [-0.1, -0.05) is 42.0 Å². The van der Waals surface area contributed by atoms with Crippen LogP contribution in [0.15, 0.2) is 54.6 Å². The highest BCUT2D eigenvalue weighted by Crippen LogP contribution is 2.17. The van der Waals surface area contributed by atoms with Crippen molar-refractivity contribution in [3.63, 3.8) is 0 Å². The first kappa shape index (κ1) is 23.0. The van der Waals surface area contributed by atoms with E-state index < -0.39 is 0 Å². The van der Waals surface area contributed by atoms with Crippen LogP contribution in [0.2, 0.25) is 0 Å². The molecule has 0 aliphatic carbocycles. The van der Waals surface area contributed by atoms with E-state index in [0.717, 1.165) is 22.5 Å². The van der Waals surface area contributed by atoms with Gasteiger partial charge in [-0.15, -0.1) is 0 Å². The van der Waals surface area contributed by atoms with Crippen LogP contribution < -0.4 is 5.32 Å². The SMILES string of the molecule is CC(=O)N(C)Cc1cccc(NC(=O)/C=C/c2c(C)nn(Cc3ccc(C)cc3)c2C)c1. The Morgan fingerprint density at radius 3 is 2.47 bits per heavy atom. The average molecular weight is 431 g/mol. The highest BCUT2D eigenvalue weighted by molar-refractivity contribution is 6.02. The van der Waals surface area contributed by atoms with E-state index in [1.165, 1.54) is 24.1 Å². The third kappa shape index (κ3) is 5.94. The number of carbonyl (C=O) groups is 2. The maximum absolute atomic E-state index is 12.5. The van der Waals surface area contributed by atoms with E-state index in [2.05, 4.69) is 41.6 Å². The van der Waals surface area contributed by atoms with Crippen LogP contribution in [0.1, 0.15) is 40.6 Å². The molecule has 1 aromatic heterocycles. The van der Waals surface area contributed by atoms with Crippen LogP contribution >= 0.6 is 0 Å². The summed E-state index contributed by atoms with van der Waals surface area (Å²) >= 11 is 0. The van der Waals surface area contributed by atoms with Crippen molar-refractivity contribution in [1.29, 1.82) is 0 Å². The van der Waals surface area contributed by atoms with Gasteiger partial charge >= 0.3 is 0 Å². The predicted octanol–water partition coefficient (Wildman–Crippen LogP) is 4.49. The number of carbonyl (C=O) groups excluding carboxylic acids is 2. The van der Waals surface area contributed by atoms with Gasteiger partial charge in [0, 0.05) is 43.5 Å². The van der Waals surface area contributed by atoms with E-state index in [4.69, 9.17) is 0 Å². The zero-order chi connectivity index (χ0) is 23.3. The first-order chi connectivity index (χ1) is 15.2. The van der Waals surface area contributed by atoms with Gasteiger partial charge in [0.15, 0.2) is 0 Å². The molecule has 0 saturated heterocycles. The van der Waals surface area contributed by atoms with Crippen molar-refractivity contribution in [3.8, 4) is 0 Å². The van der Waals surface area contributed by atoms with Crippen LogP contribution in [0.3, 0.4) is 0 Å². The molecule has 0 unspecified atom stereocenters. The Labute approximate surface area is 189 Å². The summed E-state index contributed by atoms with van der Waals surface area (Å²) in [5.74, 6) is -0.219. The zero-order valence-electron chi connectivity index (χ0n) is 19.3. The van der Waals surface area contributed by atoms with Crippen LogP contribution in [0, 0.1) is 20.8 Å². The minimum Gasteiger partial charge on any atom is -0.342 e. The maximum Gasteiger partial charge on any atom is 0.248 e. The minimum absolute atomic E-state index is 0.00367. The van der Waals surface area contributed by atoms with Crippen LogP contribution in [0.5, 0.6) is 0 Å². The molecular weight excluding hydrogens is 400 g/mol. The largest absolute Gasteiger partial charge is 0.342 e. The van der Waals surface area contributed by atoms with Gasteiger partial charge in [0.25, 0.3) is 0 Å². The molecule has 3 rings (SSSR count). The summed E-state index contributed by atoms with van der Waals surface area (Å²) < 4.78 is 1.96. The monoisotopic (exact) mass is 430 g/mol. The Hall–Kier alpha value is -3.67. The molecule has 1 N–H and O–H groups in total. The summed E-state index contributed by atoms with van der Waals surface area (Å²) in [6.45, 7) is 8.75. The maximum atomic E-state index is 12.5. The van der Waals surface area contributed by atoms with E-state index >= 15 is 0 Å². The Morgan fingerprint density at radius 2 is 1.78 bits per heavy atom. The second-order valence-electron chi connectivity index (χ2n) is 8.13. The number of hydrogen-bond acceptors (Lipinski definition) is 3. The van der Waals surface area contributed by atoms with Crippen LogP contribution in [-0.2, 0) is 22.7 Å². The van der Waals surface area contributed by atoms with Gasteiger partial charge < -0.3 is 10.2 Å². The molecule has 32 heavy (non-hydrogen) atoms. The number of nitrogens with one attached hydrogen (secondary N) is 1. The summed E-state index contributed by atoms with van der Waals surface area (Å²) in [7, 11) is 1.75. The topological polar surface area (TPSA) is 67.2 Å². The minimum atomic E-state index is -0.216. The fourth-order valence-corrected chi connectivity index (χ4v) is 3.45. The van der Waals surface area contributed by atoms with Gasteiger partial charge in [0.05, 0.1) is 12.2 Å². The molecule has 6 nitrogen and oxygen atoms in total. The van der Waals surface area contributed by atoms with Crippen LogP contribution in [-0.4, -0.2) is 33.5 Å². The van der Waals surface area contributed by atoms with Crippen molar-refractivity contribution in [3.05, 3.63) is 88.2 Å². The lowest BCUT2D eigenvalue weighted by molar-refractivity contribution is -0.128. The molecule has 3 aromatic rings. The average Bonchev–Trinajstić information content (AvgIpc) is 3.01. The summed E-state index contributed by atoms with van der Waals surface area (Å²) in [6, 6.07) is 15.9. The molecule has 0 atom stereocenters. The van der Waals surface area contributed by atoms with E-state index in [-0.39, 0.29) is 11.8 Å². The lowest BCUT2D eigenvalue weighted by atomic mass is 10.1. The van der Waals surface area contributed by atoms with Crippen molar-refractivity contribution in [2.45, 2.75) is 40.8 Å². The van der Waals surface area contributed by atoms with Crippen LogP contribution in [0.4, 0.5) is 5.69 Å². The van der Waals surface area contributed by atoms with Gasteiger partial charge in [-0.25, -0.2) is 0 Å². The molecule has 0 spiro atoms. The lowest BCUT2D eigenvalue weighted by Crippen LogP contribution is -2.23. The van der Waals surface area contributed by atoms with Crippen LogP contribution in [0.25, 0.3) is 6.08 Å². The molecule has 2 amide bonds. The van der Waals surface area contributed by atoms with Gasteiger partial charge in [-0.2, -0.15) is 5.10 Å². The van der Waals surface area contributed by atoms with E-state index in [1.807, 2.05) is 48.9 Å². The number of nitrogens with zero attached hydrogens (tertiary/aromatic N) is 3. The quantitative estimate of drug-likeness (QED) is 0.562. The number of hydrogen-bond donors (Lipinski definition) is 1. The standard InChI is InChI=1S/C26H30N4O2/c1-18-9-11-22(12-10-18)17-30-20(3)25(19(2)28-30)13-14-26(32)27-24-8-6-7-23(15-24)16-29(5)21(4)31/h6-15H,16-17H2,1-5H3,(H,27,32)/b14-13+. The Morgan fingerprint density at radius 1 is 1.06 bits per heavy atom. The number of benzene rings is 2. The molecule has 166 valence electrons. The first-order valence-corrected chi connectivity index (χ1v) is 10.6. The fourth-order valence-electron chi connectivity index (χ4n) is 3.45. The molecule has 0 fully saturated rings. The molecule has 0 aliphatic heterocycles. The Balaban J connectivity index is 1.67. The van der Waals surface area contributed by atoms with E-state index in [1.54, 1.807) is 11.9 Å². The van der Waals surface area contributed by atoms with Gasteiger partial charge in [0.2, 0.25) is 11.8 Å². The number of aromatic nitrogens is 2. The van der Waals surface area contributed by atoms with Gasteiger partial charge in [-0.3, -0.25) is 14.3 Å². The second kappa shape index (κ2) is 10.1. The summed E-state index contributed by atoms with van der Waals surface area (Å²) in [4.78, 5) is 25.6. The van der Waals surface area contributed by atoms with Crippen molar-refractivity contribution in [1.82, 2.24) is 14.7 Å². The van der Waals surface area contributed by atoms with Crippen molar-refractivity contribution in [2.24, 2.45) is 0 Å². The number of rotatable bonds is 7. The molecule has 0 bridgehead atoms. The summed E-state index contributed by atoms with van der Waals surface area (Å²) in [6.07, 6.45) is 3.34. The number of aryl methyl sites for hydroxylation is 2. The molecule has 0 saturated carbocycles. The Bertz CT molecular complexity index is 1140. The fraction of sp³-hybridized carbons (Fsp3) is 0.269. The second-order valence-corrected chi connectivity index (χ2v) is 8.13. The normalized spacial score (nSPS) is 11.0. The molecule has 1 heterocycles. The number of anilines is 1. The summed E-state index contributed by atoms with van der Waals surface area (Å²) in [5.41, 5.74) is 6.91. The van der Waals surface area contributed by atoms with Gasteiger partial charge in [-0.05, 0) is 50.1 Å². The first-order valence-electron chi connectivity index (χ1n) is 10.6. The zero-order valence-corrected chi connectivity index (χ0v) is 19.3. The van der Waals surface area contributed by atoms with Gasteiger partial charge in [0.1, 0.15) is 0 Å². The van der Waals surface area contributed by atoms with Crippen molar-refractivity contribution >= 4 is 23.6 Å². The van der Waals surface area contributed by atoms with Crippen molar-refractivity contribution in [2.75, 3.05) is 12.4 Å². The highest BCUT2D eigenvalue weighted by Gasteiger charge is 2.10. The highest BCUT2D eigenvalue weighted by atomic mass is 16.2. The van der Waals surface area contributed by atoms with E-state index in [0.29, 0.717) is 18.8 Å². The molecule has 0 radical (unpaired) electrons. The third-order valence-electron chi connectivity index (χ3n) is 5.44. The number of amides is 2. The summed E-state index contributed by atoms with van der Waals surface area (Å²) in [5, 5.41) is 7.53. The molecule has 6 heteroatoms. The predicted molar refractivity (Wildman–Crippen MR) is 128 cm³/mol.